The van der Waals surface area contributed by atoms with Crippen LogP contribution in [0.1, 0.15) is 29.8 Å². The molecule has 0 aliphatic heterocycles. The summed E-state index contributed by atoms with van der Waals surface area (Å²) >= 11 is 0. The number of pyridine rings is 1. The highest BCUT2D eigenvalue weighted by Crippen LogP contribution is 2.24. The molecule has 2 heterocycles. The molecule has 2 N–H and O–H groups in total. The van der Waals surface area contributed by atoms with Crippen LogP contribution in [0.4, 0.5) is 5.82 Å². The number of aromatic nitrogens is 3. The van der Waals surface area contributed by atoms with Crippen molar-refractivity contribution in [2.24, 2.45) is 0 Å². The minimum Gasteiger partial charge on any atom is -0.363 e. The maximum absolute atomic E-state index is 11.9. The summed E-state index contributed by atoms with van der Waals surface area (Å²) in [7, 11) is 0. The molecule has 2 aromatic carbocycles. The Morgan fingerprint density at radius 3 is 2.37 bits per heavy atom. The van der Waals surface area contributed by atoms with Crippen molar-refractivity contribution in [1.82, 2.24) is 15.0 Å². The summed E-state index contributed by atoms with van der Waals surface area (Å²) in [6.45, 7) is 1.98. The van der Waals surface area contributed by atoms with E-state index in [1.165, 1.54) is 17.2 Å². The number of hydrogen-bond acceptors (Lipinski definition) is 4. The van der Waals surface area contributed by atoms with Gasteiger partial charge in [0, 0.05) is 23.5 Å². The second-order valence-corrected chi connectivity index (χ2v) is 7.17. The standard InChI is InChI=1S/C25H24N4O/c1-2-21-16-24(30)29-25(27-21)20-13-14-23(26-17-20)28-22(19-11-7-4-8-12-19)15-18-9-5-3-6-10-18/h3-14,16-17,22H,2,15H2,1H3,(H,26,28)(H,27,29,30). The number of H-pyrrole nitrogens is 1. The fraction of sp³-hybridized carbons (Fsp3) is 0.160. The minimum absolute atomic E-state index is 0.0910. The molecule has 0 saturated carbocycles. The van der Waals surface area contributed by atoms with Crippen molar-refractivity contribution in [3.05, 3.63) is 112 Å². The Balaban J connectivity index is 1.57. The zero-order valence-corrected chi connectivity index (χ0v) is 16.9. The Morgan fingerprint density at radius 2 is 1.70 bits per heavy atom. The number of aromatic amines is 1. The summed E-state index contributed by atoms with van der Waals surface area (Å²) < 4.78 is 0. The topological polar surface area (TPSA) is 70.7 Å². The van der Waals surface area contributed by atoms with Crippen molar-refractivity contribution in [2.75, 3.05) is 5.32 Å². The van der Waals surface area contributed by atoms with E-state index >= 15 is 0 Å². The van der Waals surface area contributed by atoms with Crippen LogP contribution in [-0.2, 0) is 12.8 Å². The van der Waals surface area contributed by atoms with Crippen LogP contribution in [0.25, 0.3) is 11.4 Å². The largest absolute Gasteiger partial charge is 0.363 e. The Hall–Kier alpha value is -3.73. The second-order valence-electron chi connectivity index (χ2n) is 7.17. The third kappa shape index (κ3) is 4.81. The van der Waals surface area contributed by atoms with E-state index in [9.17, 15) is 4.79 Å². The summed E-state index contributed by atoms with van der Waals surface area (Å²) in [5, 5.41) is 3.55. The van der Waals surface area contributed by atoms with Crippen LogP contribution in [0.15, 0.2) is 89.9 Å². The number of anilines is 1. The molecule has 0 spiro atoms. The lowest BCUT2D eigenvalue weighted by Gasteiger charge is -2.20. The molecule has 5 heteroatoms. The lowest BCUT2D eigenvalue weighted by Crippen LogP contribution is -2.14. The summed E-state index contributed by atoms with van der Waals surface area (Å²) in [6, 6.07) is 26.3. The first-order valence-corrected chi connectivity index (χ1v) is 10.1. The van der Waals surface area contributed by atoms with Gasteiger partial charge in [-0.05, 0) is 36.1 Å². The van der Waals surface area contributed by atoms with Gasteiger partial charge in [-0.15, -0.1) is 0 Å². The Kier molecular flexibility index (Phi) is 5.99. The van der Waals surface area contributed by atoms with Gasteiger partial charge in [0.25, 0.3) is 5.56 Å². The van der Waals surface area contributed by atoms with E-state index in [0.717, 1.165) is 23.5 Å². The van der Waals surface area contributed by atoms with Gasteiger partial charge in [-0.2, -0.15) is 0 Å². The third-order valence-corrected chi connectivity index (χ3v) is 5.00. The highest BCUT2D eigenvalue weighted by Gasteiger charge is 2.13. The summed E-state index contributed by atoms with van der Waals surface area (Å²) in [4.78, 5) is 23.7. The molecule has 0 bridgehead atoms. The number of aryl methyl sites for hydroxylation is 1. The molecule has 1 atom stereocenters. The molecule has 150 valence electrons. The van der Waals surface area contributed by atoms with Gasteiger partial charge in [-0.25, -0.2) is 9.97 Å². The Bertz CT molecular complexity index is 1140. The van der Waals surface area contributed by atoms with Crippen molar-refractivity contribution < 1.29 is 0 Å². The van der Waals surface area contributed by atoms with E-state index in [2.05, 4.69) is 56.7 Å². The second kappa shape index (κ2) is 9.18. The van der Waals surface area contributed by atoms with Gasteiger partial charge in [0.2, 0.25) is 0 Å². The molecule has 5 nitrogen and oxygen atoms in total. The van der Waals surface area contributed by atoms with E-state index < -0.39 is 0 Å². The van der Waals surface area contributed by atoms with Crippen LogP contribution in [0.5, 0.6) is 0 Å². The molecule has 0 aliphatic rings. The molecular formula is C25H24N4O. The fourth-order valence-corrected chi connectivity index (χ4v) is 3.41. The molecular weight excluding hydrogens is 372 g/mol. The van der Waals surface area contributed by atoms with E-state index in [1.807, 2.05) is 43.3 Å². The predicted molar refractivity (Wildman–Crippen MR) is 120 cm³/mol. The van der Waals surface area contributed by atoms with Crippen LogP contribution in [0, 0.1) is 0 Å². The SMILES string of the molecule is CCc1cc(=O)[nH]c(-c2ccc(NC(Cc3ccccc3)c3ccccc3)nc2)n1. The first-order valence-electron chi connectivity index (χ1n) is 10.1. The number of nitrogens with zero attached hydrogens (tertiary/aromatic N) is 2. The van der Waals surface area contributed by atoms with Crippen LogP contribution in [0.3, 0.4) is 0 Å². The van der Waals surface area contributed by atoms with E-state index in [-0.39, 0.29) is 11.6 Å². The zero-order chi connectivity index (χ0) is 20.8. The molecule has 0 saturated heterocycles. The lowest BCUT2D eigenvalue weighted by molar-refractivity contribution is 0.770. The van der Waals surface area contributed by atoms with Crippen LogP contribution in [-0.4, -0.2) is 15.0 Å². The van der Waals surface area contributed by atoms with E-state index in [0.29, 0.717) is 12.2 Å². The Labute approximate surface area is 175 Å². The lowest BCUT2D eigenvalue weighted by atomic mass is 9.99. The fourth-order valence-electron chi connectivity index (χ4n) is 3.41. The highest BCUT2D eigenvalue weighted by molar-refractivity contribution is 5.56. The highest BCUT2D eigenvalue weighted by atomic mass is 16.1. The van der Waals surface area contributed by atoms with Crippen LogP contribution < -0.4 is 10.9 Å². The van der Waals surface area contributed by atoms with E-state index in [4.69, 9.17) is 0 Å². The van der Waals surface area contributed by atoms with Gasteiger partial charge in [0.1, 0.15) is 11.6 Å². The normalized spacial score (nSPS) is 11.8. The first kappa shape index (κ1) is 19.6. The summed E-state index contributed by atoms with van der Waals surface area (Å²) in [6.07, 6.45) is 3.30. The average Bonchev–Trinajstić information content (AvgIpc) is 2.80. The molecule has 0 amide bonds. The molecule has 0 fully saturated rings. The van der Waals surface area contributed by atoms with Gasteiger partial charge in [0.15, 0.2) is 0 Å². The van der Waals surface area contributed by atoms with Gasteiger partial charge in [-0.1, -0.05) is 67.6 Å². The third-order valence-electron chi connectivity index (χ3n) is 5.00. The van der Waals surface area contributed by atoms with Crippen molar-refractivity contribution in [3.8, 4) is 11.4 Å². The number of nitrogens with one attached hydrogen (secondary N) is 2. The molecule has 1 unspecified atom stereocenters. The first-order chi connectivity index (χ1) is 14.7. The van der Waals surface area contributed by atoms with Gasteiger partial charge < -0.3 is 10.3 Å². The van der Waals surface area contributed by atoms with Crippen LogP contribution in [0.2, 0.25) is 0 Å². The number of benzene rings is 2. The minimum atomic E-state index is -0.147. The van der Waals surface area contributed by atoms with Gasteiger partial charge in [0.05, 0.1) is 6.04 Å². The zero-order valence-electron chi connectivity index (χ0n) is 16.9. The van der Waals surface area contributed by atoms with Gasteiger partial charge in [-0.3, -0.25) is 4.79 Å². The quantitative estimate of drug-likeness (QED) is 0.471. The maximum Gasteiger partial charge on any atom is 0.251 e. The maximum atomic E-state index is 11.9. The number of rotatable bonds is 7. The van der Waals surface area contributed by atoms with Crippen LogP contribution >= 0.6 is 0 Å². The summed E-state index contributed by atoms with van der Waals surface area (Å²) in [5.74, 6) is 1.32. The molecule has 30 heavy (non-hydrogen) atoms. The molecule has 4 rings (SSSR count). The average molecular weight is 396 g/mol. The van der Waals surface area contributed by atoms with E-state index in [1.54, 1.807) is 6.20 Å². The monoisotopic (exact) mass is 396 g/mol. The molecule has 2 aromatic heterocycles. The number of hydrogen-bond donors (Lipinski definition) is 2. The van der Waals surface area contributed by atoms with Crippen molar-refractivity contribution >= 4 is 5.82 Å². The molecule has 0 aliphatic carbocycles. The van der Waals surface area contributed by atoms with Gasteiger partial charge >= 0.3 is 0 Å². The van der Waals surface area contributed by atoms with Crippen molar-refractivity contribution in [3.63, 3.8) is 0 Å². The Morgan fingerprint density at radius 1 is 0.967 bits per heavy atom. The van der Waals surface area contributed by atoms with Crippen molar-refractivity contribution in [1.29, 1.82) is 0 Å². The smallest absolute Gasteiger partial charge is 0.251 e. The van der Waals surface area contributed by atoms with Crippen molar-refractivity contribution in [2.45, 2.75) is 25.8 Å². The molecule has 0 radical (unpaired) electrons. The summed E-state index contributed by atoms with van der Waals surface area (Å²) in [5.41, 5.74) is 3.86. The predicted octanol–water partition coefficient (Wildman–Crippen LogP) is 4.79. The molecule has 4 aromatic rings.